The highest BCUT2D eigenvalue weighted by Gasteiger charge is 2.16. The minimum Gasteiger partial charge on any atom is -0.464 e. The Morgan fingerprint density at radius 3 is 2.90 bits per heavy atom. The summed E-state index contributed by atoms with van der Waals surface area (Å²) in [7, 11) is 0. The van der Waals surface area contributed by atoms with E-state index in [-0.39, 0.29) is 0 Å². The van der Waals surface area contributed by atoms with E-state index in [1.807, 2.05) is 30.3 Å². The van der Waals surface area contributed by atoms with Gasteiger partial charge in [0.2, 0.25) is 5.82 Å². The van der Waals surface area contributed by atoms with Gasteiger partial charge in [0, 0.05) is 5.39 Å². The number of aromatic amines is 1. The van der Waals surface area contributed by atoms with Crippen molar-refractivity contribution >= 4 is 11.0 Å². The monoisotopic (exact) mass is 276 g/mol. The number of H-pyrrole nitrogens is 1. The second-order valence-electron chi connectivity index (χ2n) is 4.47. The molecule has 1 aromatic carbocycles. The van der Waals surface area contributed by atoms with Crippen molar-refractivity contribution in [3.63, 3.8) is 0 Å². The third kappa shape index (κ3) is 1.80. The molecule has 0 radical (unpaired) electrons. The minimum absolute atomic E-state index is 0.330. The highest BCUT2D eigenvalue weighted by Crippen LogP contribution is 2.29. The van der Waals surface area contributed by atoms with E-state index in [0.717, 1.165) is 16.5 Å². The van der Waals surface area contributed by atoms with Crippen LogP contribution in [0, 0.1) is 11.3 Å². The number of benzene rings is 1. The molecule has 100 valence electrons. The normalized spacial score (nSPS) is 10.8. The van der Waals surface area contributed by atoms with Crippen LogP contribution in [0.2, 0.25) is 0 Å². The van der Waals surface area contributed by atoms with Crippen molar-refractivity contribution in [2.24, 2.45) is 0 Å². The largest absolute Gasteiger partial charge is 0.464 e. The molecule has 0 aliphatic carbocycles. The fraction of sp³-hybridized carbons (Fsp3) is 0. The van der Waals surface area contributed by atoms with Crippen LogP contribution in [0.1, 0.15) is 5.69 Å². The number of furan rings is 1. The molecular weight excluding hydrogens is 268 g/mol. The zero-order chi connectivity index (χ0) is 14.2. The second kappa shape index (κ2) is 4.35. The lowest BCUT2D eigenvalue weighted by Crippen LogP contribution is -1.80. The molecule has 0 atom stereocenters. The van der Waals surface area contributed by atoms with Crippen LogP contribution in [-0.4, -0.2) is 15.1 Å². The van der Waals surface area contributed by atoms with Gasteiger partial charge in [0.1, 0.15) is 29.3 Å². The van der Waals surface area contributed by atoms with Gasteiger partial charge >= 0.3 is 0 Å². The Hall–Kier alpha value is -3.33. The first-order valence-corrected chi connectivity index (χ1v) is 6.25. The summed E-state index contributed by atoms with van der Waals surface area (Å²) in [5.41, 5.74) is 2.59. The molecule has 0 spiro atoms. The Labute approximate surface area is 118 Å². The molecule has 0 fully saturated rings. The first-order valence-electron chi connectivity index (χ1n) is 6.25. The van der Waals surface area contributed by atoms with Crippen molar-refractivity contribution in [3.05, 3.63) is 48.4 Å². The maximum atomic E-state index is 8.81. The van der Waals surface area contributed by atoms with E-state index >= 15 is 0 Å². The zero-order valence-corrected chi connectivity index (χ0v) is 10.7. The van der Waals surface area contributed by atoms with E-state index in [4.69, 9.17) is 14.2 Å². The summed E-state index contributed by atoms with van der Waals surface area (Å²) in [6.45, 7) is 0. The number of nitrogens with zero attached hydrogens (tertiary/aromatic N) is 3. The average Bonchev–Trinajstić information content (AvgIpc) is 3.24. The molecule has 6 nitrogen and oxygen atoms in total. The summed E-state index contributed by atoms with van der Waals surface area (Å²) >= 11 is 0. The van der Waals surface area contributed by atoms with Gasteiger partial charge in [-0.1, -0.05) is 23.4 Å². The van der Waals surface area contributed by atoms with Crippen LogP contribution in [-0.2, 0) is 0 Å². The minimum atomic E-state index is 0.330. The van der Waals surface area contributed by atoms with Crippen LogP contribution >= 0.6 is 0 Å². The predicted molar refractivity (Wildman–Crippen MR) is 74.0 cm³/mol. The van der Waals surface area contributed by atoms with Gasteiger partial charge < -0.3 is 13.9 Å². The molecule has 3 heterocycles. The summed E-state index contributed by atoms with van der Waals surface area (Å²) in [5, 5.41) is 13.7. The van der Waals surface area contributed by atoms with Crippen molar-refractivity contribution in [2.45, 2.75) is 0 Å². The number of rotatable bonds is 2. The molecule has 0 amide bonds. The van der Waals surface area contributed by atoms with Crippen LogP contribution < -0.4 is 0 Å². The molecular formula is C15H8N4O2. The maximum absolute atomic E-state index is 8.81. The average molecular weight is 276 g/mol. The molecule has 21 heavy (non-hydrogen) atoms. The van der Waals surface area contributed by atoms with Gasteiger partial charge in [-0.3, -0.25) is 0 Å². The fourth-order valence-electron chi connectivity index (χ4n) is 2.18. The Balaban J connectivity index is 1.79. The smallest absolute Gasteiger partial charge is 0.274 e. The molecule has 0 aliphatic rings. The van der Waals surface area contributed by atoms with Crippen LogP contribution in [0.3, 0.4) is 0 Å². The number of nitrogens with one attached hydrogen (secondary N) is 1. The zero-order valence-electron chi connectivity index (χ0n) is 10.7. The fourth-order valence-corrected chi connectivity index (χ4v) is 2.18. The van der Waals surface area contributed by atoms with Crippen molar-refractivity contribution < 1.29 is 8.94 Å². The topological polar surface area (TPSA) is 91.6 Å². The number of aromatic nitrogens is 3. The molecule has 4 rings (SSSR count). The summed E-state index contributed by atoms with van der Waals surface area (Å²) < 4.78 is 10.7. The van der Waals surface area contributed by atoms with Gasteiger partial charge in [-0.25, -0.2) is 0 Å². The molecule has 0 bridgehead atoms. The Kier molecular flexibility index (Phi) is 2.38. The van der Waals surface area contributed by atoms with Crippen molar-refractivity contribution in [1.29, 1.82) is 5.26 Å². The highest BCUT2D eigenvalue weighted by molar-refractivity contribution is 5.91. The van der Waals surface area contributed by atoms with E-state index < -0.39 is 0 Å². The lowest BCUT2D eigenvalue weighted by atomic mass is 10.2. The van der Waals surface area contributed by atoms with Gasteiger partial charge in [0.05, 0.1) is 5.56 Å². The van der Waals surface area contributed by atoms with Crippen LogP contribution in [0.25, 0.3) is 33.9 Å². The van der Waals surface area contributed by atoms with Crippen molar-refractivity contribution in [2.75, 3.05) is 0 Å². The second-order valence-corrected chi connectivity index (χ2v) is 4.47. The Morgan fingerprint density at radius 2 is 2.05 bits per heavy atom. The molecule has 0 saturated carbocycles. The first-order chi connectivity index (χ1) is 10.3. The Bertz CT molecular complexity index is 971. The molecule has 1 N–H and O–H groups in total. The van der Waals surface area contributed by atoms with E-state index in [2.05, 4.69) is 15.1 Å². The van der Waals surface area contributed by atoms with Gasteiger partial charge in [-0.05, 0) is 18.2 Å². The summed E-state index contributed by atoms with van der Waals surface area (Å²) in [5.74, 6) is 0.778. The summed E-state index contributed by atoms with van der Waals surface area (Å²) in [4.78, 5) is 7.24. The van der Waals surface area contributed by atoms with Gasteiger partial charge in [-0.15, -0.1) is 0 Å². The third-order valence-corrected chi connectivity index (χ3v) is 3.18. The number of hydrogen-bond donors (Lipinski definition) is 1. The van der Waals surface area contributed by atoms with Crippen molar-refractivity contribution in [1.82, 2.24) is 15.1 Å². The SMILES string of the molecule is N#Cc1ccc(-c2nc(-c3coc4ccccc34)no2)[nH]1. The Morgan fingerprint density at radius 1 is 1.14 bits per heavy atom. The lowest BCUT2D eigenvalue weighted by molar-refractivity contribution is 0.431. The van der Waals surface area contributed by atoms with Crippen LogP contribution in [0.4, 0.5) is 0 Å². The summed E-state index contributed by atoms with van der Waals surface area (Å²) in [6, 6.07) is 13.0. The molecule has 0 unspecified atom stereocenters. The van der Waals surface area contributed by atoms with E-state index in [1.165, 1.54) is 0 Å². The van der Waals surface area contributed by atoms with Gasteiger partial charge in [0.15, 0.2) is 0 Å². The standard InChI is InChI=1S/C15H8N4O2/c16-7-9-5-6-12(17-9)15-18-14(19-21-15)11-8-20-13-4-2-1-3-10(11)13/h1-6,8,17H. The molecule has 0 saturated heterocycles. The molecule has 0 aliphatic heterocycles. The molecule has 6 heteroatoms. The maximum Gasteiger partial charge on any atom is 0.274 e. The van der Waals surface area contributed by atoms with Crippen LogP contribution in [0.15, 0.2) is 51.6 Å². The van der Waals surface area contributed by atoms with E-state index in [1.54, 1.807) is 18.4 Å². The lowest BCUT2D eigenvalue weighted by Gasteiger charge is -1.89. The number of fused-ring (bicyclic) bond motifs is 1. The van der Waals surface area contributed by atoms with Crippen LogP contribution in [0.5, 0.6) is 0 Å². The number of para-hydroxylation sites is 1. The molecule has 4 aromatic rings. The number of hydrogen-bond acceptors (Lipinski definition) is 5. The quantitative estimate of drug-likeness (QED) is 0.606. The van der Waals surface area contributed by atoms with E-state index in [0.29, 0.717) is 23.1 Å². The van der Waals surface area contributed by atoms with Crippen molar-refractivity contribution in [3.8, 4) is 29.0 Å². The van der Waals surface area contributed by atoms with Gasteiger partial charge in [0.25, 0.3) is 5.89 Å². The molecule has 3 aromatic heterocycles. The number of nitriles is 1. The first kappa shape index (κ1) is 11.5. The predicted octanol–water partition coefficient (Wildman–Crippen LogP) is 3.35. The van der Waals surface area contributed by atoms with Gasteiger partial charge in [-0.2, -0.15) is 10.2 Å². The summed E-state index contributed by atoms with van der Waals surface area (Å²) in [6.07, 6.45) is 1.61. The van der Waals surface area contributed by atoms with E-state index in [9.17, 15) is 0 Å². The third-order valence-electron chi connectivity index (χ3n) is 3.18. The highest BCUT2D eigenvalue weighted by atomic mass is 16.5.